The number of benzene rings is 1. The second kappa shape index (κ2) is 9.75. The number of nitrogens with zero attached hydrogens (tertiary/aromatic N) is 8. The molecule has 1 aliphatic heterocycles. The zero-order valence-corrected chi connectivity index (χ0v) is 21.4. The number of imidazole rings is 1. The second-order valence-corrected chi connectivity index (χ2v) is 9.56. The fourth-order valence-corrected chi connectivity index (χ4v) is 4.81. The van der Waals surface area contributed by atoms with Crippen LogP contribution in [-0.4, -0.2) is 65.0 Å². The van der Waals surface area contributed by atoms with Gasteiger partial charge in [0.1, 0.15) is 11.5 Å². The van der Waals surface area contributed by atoms with Gasteiger partial charge in [0.05, 0.1) is 23.9 Å². The summed E-state index contributed by atoms with van der Waals surface area (Å²) in [6, 6.07) is 11.4. The number of aryl methyl sites for hydroxylation is 1. The molecule has 1 N–H and O–H groups in total. The van der Waals surface area contributed by atoms with Crippen molar-refractivity contribution in [1.29, 1.82) is 0 Å². The van der Waals surface area contributed by atoms with E-state index in [1.165, 1.54) is 0 Å². The van der Waals surface area contributed by atoms with Crippen LogP contribution in [0.25, 0.3) is 27.9 Å². The lowest BCUT2D eigenvalue weighted by atomic mass is 10.1. The van der Waals surface area contributed by atoms with Crippen molar-refractivity contribution in [3.8, 4) is 11.7 Å². The van der Waals surface area contributed by atoms with Gasteiger partial charge in [0.15, 0.2) is 11.5 Å². The quantitative estimate of drug-likeness (QED) is 0.332. The van der Waals surface area contributed by atoms with Crippen molar-refractivity contribution in [2.75, 3.05) is 25.5 Å². The van der Waals surface area contributed by atoms with Gasteiger partial charge >= 0.3 is 0 Å². The molecular formula is C27H29N9O2. The molecule has 38 heavy (non-hydrogen) atoms. The van der Waals surface area contributed by atoms with Gasteiger partial charge in [0, 0.05) is 38.1 Å². The van der Waals surface area contributed by atoms with Crippen LogP contribution in [-0.2, 0) is 13.6 Å². The Labute approximate surface area is 219 Å². The van der Waals surface area contributed by atoms with Crippen LogP contribution in [0.1, 0.15) is 12.8 Å². The van der Waals surface area contributed by atoms with Crippen LogP contribution in [0.3, 0.4) is 0 Å². The van der Waals surface area contributed by atoms with E-state index in [2.05, 4.69) is 33.8 Å². The van der Waals surface area contributed by atoms with Crippen LogP contribution in [0, 0.1) is 0 Å². The number of rotatable bonds is 7. The van der Waals surface area contributed by atoms with Gasteiger partial charge in [-0.3, -0.25) is 4.79 Å². The molecule has 4 aromatic heterocycles. The van der Waals surface area contributed by atoms with Gasteiger partial charge in [-0.25, -0.2) is 19.3 Å². The highest BCUT2D eigenvalue weighted by molar-refractivity contribution is 5.81. The number of allylic oxidation sites excluding steroid dienone is 1. The Bertz CT molecular complexity index is 1690. The predicted molar refractivity (Wildman–Crippen MR) is 146 cm³/mol. The van der Waals surface area contributed by atoms with Crippen molar-refractivity contribution in [3.05, 3.63) is 71.9 Å². The number of ether oxygens (including phenoxy) is 1. The fourth-order valence-electron chi connectivity index (χ4n) is 4.81. The molecule has 0 amide bonds. The van der Waals surface area contributed by atoms with Crippen LogP contribution < -0.4 is 15.6 Å². The Balaban J connectivity index is 1.38. The molecule has 194 valence electrons. The van der Waals surface area contributed by atoms with Crippen LogP contribution in [0.2, 0.25) is 0 Å². The molecule has 0 bridgehead atoms. The molecule has 0 atom stereocenters. The molecule has 1 aliphatic rings. The van der Waals surface area contributed by atoms with Crippen molar-refractivity contribution in [2.45, 2.75) is 25.5 Å². The molecule has 0 spiro atoms. The lowest BCUT2D eigenvalue weighted by molar-refractivity contribution is 0.110. The van der Waals surface area contributed by atoms with Crippen molar-refractivity contribution in [3.63, 3.8) is 0 Å². The van der Waals surface area contributed by atoms with Crippen molar-refractivity contribution in [1.82, 2.24) is 38.8 Å². The van der Waals surface area contributed by atoms with E-state index in [1.807, 2.05) is 48.0 Å². The van der Waals surface area contributed by atoms with Crippen LogP contribution in [0.5, 0.6) is 5.88 Å². The Hall–Kier alpha value is -4.51. The first-order chi connectivity index (χ1) is 18.5. The Morgan fingerprint density at radius 2 is 1.97 bits per heavy atom. The van der Waals surface area contributed by atoms with Crippen molar-refractivity contribution < 1.29 is 4.74 Å². The summed E-state index contributed by atoms with van der Waals surface area (Å²) in [6.45, 7) is 6.10. The van der Waals surface area contributed by atoms with Crippen molar-refractivity contribution in [2.24, 2.45) is 7.05 Å². The number of hydrogen-bond acceptors (Lipinski definition) is 8. The van der Waals surface area contributed by atoms with E-state index >= 15 is 0 Å². The van der Waals surface area contributed by atoms with E-state index in [4.69, 9.17) is 14.7 Å². The number of nitrogens with one attached hydrogen (secondary N) is 1. The normalized spacial score (nSPS) is 14.8. The van der Waals surface area contributed by atoms with E-state index in [1.54, 1.807) is 28.0 Å². The molecule has 5 heterocycles. The maximum atomic E-state index is 13.3. The Morgan fingerprint density at radius 3 is 2.79 bits per heavy atom. The third kappa shape index (κ3) is 4.41. The number of anilines is 2. The summed E-state index contributed by atoms with van der Waals surface area (Å²) >= 11 is 0. The summed E-state index contributed by atoms with van der Waals surface area (Å²) in [7, 11) is 4.07. The Morgan fingerprint density at radius 1 is 1.13 bits per heavy atom. The first kappa shape index (κ1) is 23.9. The highest BCUT2D eigenvalue weighted by Crippen LogP contribution is 2.23. The zero-order valence-electron chi connectivity index (χ0n) is 21.4. The largest absolute Gasteiger partial charge is 0.474 e. The molecule has 0 radical (unpaired) electrons. The van der Waals surface area contributed by atoms with Gasteiger partial charge in [-0.15, -0.1) is 6.58 Å². The molecule has 0 saturated carbocycles. The first-order valence-corrected chi connectivity index (χ1v) is 12.6. The predicted octanol–water partition coefficient (Wildman–Crippen LogP) is 3.27. The monoisotopic (exact) mass is 511 g/mol. The molecular weight excluding hydrogens is 482 g/mol. The lowest BCUT2D eigenvalue weighted by Gasteiger charge is -2.29. The molecule has 11 heteroatoms. The smallest absolute Gasteiger partial charge is 0.278 e. The third-order valence-corrected chi connectivity index (χ3v) is 6.84. The molecule has 0 aliphatic carbocycles. The van der Waals surface area contributed by atoms with Crippen LogP contribution in [0.15, 0.2) is 66.4 Å². The summed E-state index contributed by atoms with van der Waals surface area (Å²) in [5.74, 6) is 1.41. The van der Waals surface area contributed by atoms with Crippen LogP contribution in [0.4, 0.5) is 11.6 Å². The minimum Gasteiger partial charge on any atom is -0.474 e. The fraction of sp³-hybridized carbons (Fsp3) is 0.296. The highest BCUT2D eigenvalue weighted by atomic mass is 16.5. The minimum absolute atomic E-state index is 0.111. The summed E-state index contributed by atoms with van der Waals surface area (Å²) in [4.78, 5) is 33.9. The molecule has 11 nitrogen and oxygen atoms in total. The number of hydrogen-bond donors (Lipinski definition) is 1. The summed E-state index contributed by atoms with van der Waals surface area (Å²) in [6.07, 6.45) is 6.99. The second-order valence-electron chi connectivity index (χ2n) is 9.56. The van der Waals surface area contributed by atoms with E-state index in [-0.39, 0.29) is 18.2 Å². The number of piperidine rings is 1. The van der Waals surface area contributed by atoms with E-state index in [0.717, 1.165) is 42.7 Å². The Kier molecular flexibility index (Phi) is 6.12. The molecule has 1 aromatic carbocycles. The summed E-state index contributed by atoms with van der Waals surface area (Å²) in [5.41, 5.74) is 2.90. The maximum Gasteiger partial charge on any atom is 0.278 e. The molecule has 1 fully saturated rings. The van der Waals surface area contributed by atoms with Crippen molar-refractivity contribution >= 4 is 33.7 Å². The van der Waals surface area contributed by atoms with Gasteiger partial charge in [-0.2, -0.15) is 9.97 Å². The average molecular weight is 512 g/mol. The van der Waals surface area contributed by atoms with E-state index in [9.17, 15) is 4.79 Å². The van der Waals surface area contributed by atoms with E-state index in [0.29, 0.717) is 28.7 Å². The number of pyridine rings is 1. The molecule has 1 saturated heterocycles. The van der Waals surface area contributed by atoms with Gasteiger partial charge in [-0.1, -0.05) is 12.1 Å². The highest BCUT2D eigenvalue weighted by Gasteiger charge is 2.21. The van der Waals surface area contributed by atoms with Gasteiger partial charge in [0.25, 0.3) is 5.56 Å². The minimum atomic E-state index is -0.218. The number of likely N-dealkylation sites (tertiary alicyclic amines) is 1. The SMILES string of the molecule is C=CCn1c(=O)c2cnc(Nc3ccc4c(c3)ncn4C)nc2n1-c1cccc(OC2CCN(C)CC2)n1. The average Bonchev–Trinajstić information content (AvgIpc) is 3.42. The standard InChI is InChI=1S/C27H29N9O2/c1-4-12-35-26(37)20-16-28-27(30-18-8-9-22-21(15-18)29-17-34(22)3)32-25(20)36(35)23-6-5-7-24(31-23)38-19-10-13-33(2)14-11-19/h4-9,15-17,19H,1,10-14H2,2-3H3,(H,28,30,32). The van der Waals surface area contributed by atoms with E-state index < -0.39 is 0 Å². The zero-order chi connectivity index (χ0) is 26.2. The molecule has 6 rings (SSSR count). The number of fused-ring (bicyclic) bond motifs is 2. The van der Waals surface area contributed by atoms with Gasteiger partial charge in [-0.05, 0) is 44.2 Å². The molecule has 5 aromatic rings. The first-order valence-electron chi connectivity index (χ1n) is 12.6. The van der Waals surface area contributed by atoms with Crippen LogP contribution >= 0.6 is 0 Å². The van der Waals surface area contributed by atoms with Gasteiger partial charge < -0.3 is 19.5 Å². The summed E-state index contributed by atoms with van der Waals surface area (Å²) < 4.78 is 11.4. The number of aromatic nitrogens is 7. The lowest BCUT2D eigenvalue weighted by Crippen LogP contribution is -2.35. The van der Waals surface area contributed by atoms with Gasteiger partial charge in [0.2, 0.25) is 11.8 Å². The molecule has 0 unspecified atom stereocenters. The topological polar surface area (TPSA) is 108 Å². The third-order valence-electron chi connectivity index (χ3n) is 6.84. The summed E-state index contributed by atoms with van der Waals surface area (Å²) in [5, 5.41) is 3.63. The maximum absolute atomic E-state index is 13.3.